The number of carbonyl (C=O) groups is 2. The summed E-state index contributed by atoms with van der Waals surface area (Å²) < 4.78 is 29.7. The normalized spacial score (nSPS) is 15.3. The van der Waals surface area contributed by atoms with Crippen LogP contribution in [0.4, 0.5) is 14.5 Å². The Labute approximate surface area is 159 Å². The van der Waals surface area contributed by atoms with Crippen molar-refractivity contribution in [1.29, 1.82) is 0 Å². The van der Waals surface area contributed by atoms with Crippen molar-refractivity contribution in [2.75, 3.05) is 5.32 Å². The van der Waals surface area contributed by atoms with Crippen LogP contribution in [-0.4, -0.2) is 23.3 Å². The number of aromatic amines is 1. The fourth-order valence-electron chi connectivity index (χ4n) is 3.37. The van der Waals surface area contributed by atoms with Gasteiger partial charge in [-0.3, -0.25) is 14.4 Å². The summed E-state index contributed by atoms with van der Waals surface area (Å²) in [4.78, 5) is 40.1. The third-order valence-corrected chi connectivity index (χ3v) is 4.65. The third kappa shape index (κ3) is 3.95. The number of rotatable bonds is 4. The molecule has 1 amide bonds. The maximum absolute atomic E-state index is 12.7. The molecule has 1 aliphatic carbocycles. The topological polar surface area (TPSA) is 88.3 Å². The van der Waals surface area contributed by atoms with Crippen LogP contribution in [0.2, 0.25) is 0 Å². The van der Waals surface area contributed by atoms with E-state index in [9.17, 15) is 23.2 Å². The monoisotopic (exact) mass is 390 g/mol. The average molecular weight is 390 g/mol. The molecule has 0 fully saturated rings. The second-order valence-electron chi connectivity index (χ2n) is 7.63. The smallest absolute Gasteiger partial charge is 0.387 e. The van der Waals surface area contributed by atoms with E-state index in [1.54, 1.807) is 13.0 Å². The van der Waals surface area contributed by atoms with Crippen molar-refractivity contribution < 1.29 is 23.1 Å². The molecule has 1 aliphatic rings. The van der Waals surface area contributed by atoms with Crippen molar-refractivity contribution in [2.45, 2.75) is 40.2 Å². The second kappa shape index (κ2) is 7.18. The van der Waals surface area contributed by atoms with Crippen LogP contribution in [0.1, 0.15) is 52.2 Å². The lowest BCUT2D eigenvalue weighted by atomic mass is 9.75. The number of alkyl halides is 2. The number of aryl methyl sites for hydroxylation is 1. The van der Waals surface area contributed by atoms with E-state index in [4.69, 9.17) is 0 Å². The van der Waals surface area contributed by atoms with Crippen molar-refractivity contribution in [3.05, 3.63) is 57.0 Å². The lowest BCUT2D eigenvalue weighted by Gasteiger charge is -2.29. The molecular weight excluding hydrogens is 370 g/mol. The van der Waals surface area contributed by atoms with Gasteiger partial charge in [-0.05, 0) is 36.5 Å². The van der Waals surface area contributed by atoms with E-state index >= 15 is 0 Å². The first kappa shape index (κ1) is 19.7. The number of hydrogen-bond acceptors (Lipinski definition) is 4. The Morgan fingerprint density at radius 1 is 1.25 bits per heavy atom. The van der Waals surface area contributed by atoms with Crippen molar-refractivity contribution in [3.8, 4) is 5.75 Å². The van der Waals surface area contributed by atoms with Crippen molar-refractivity contribution in [3.63, 3.8) is 0 Å². The van der Waals surface area contributed by atoms with Crippen LogP contribution in [0.25, 0.3) is 0 Å². The van der Waals surface area contributed by atoms with Gasteiger partial charge in [0.05, 0.1) is 5.69 Å². The first-order valence-corrected chi connectivity index (χ1v) is 8.72. The number of ether oxygens (including phenoxy) is 1. The fourth-order valence-corrected chi connectivity index (χ4v) is 3.37. The summed E-state index contributed by atoms with van der Waals surface area (Å²) in [6.07, 6.45) is 0.812. The number of anilines is 1. The number of fused-ring (bicyclic) bond motifs is 1. The van der Waals surface area contributed by atoms with Crippen molar-refractivity contribution in [2.24, 2.45) is 5.41 Å². The lowest BCUT2D eigenvalue weighted by molar-refractivity contribution is -0.0494. The molecule has 1 aromatic heterocycles. The van der Waals surface area contributed by atoms with Gasteiger partial charge >= 0.3 is 6.61 Å². The maximum atomic E-state index is 12.7. The molecule has 0 unspecified atom stereocenters. The molecule has 148 valence electrons. The highest BCUT2D eigenvalue weighted by Crippen LogP contribution is 2.34. The number of amides is 1. The SMILES string of the molecule is Cc1cccc(OC(F)F)c1NC(=O)c1cc2c([nH]c1=O)CC(C)(C)CC2=O. The number of ketones is 1. The zero-order valence-electron chi connectivity index (χ0n) is 15.7. The summed E-state index contributed by atoms with van der Waals surface area (Å²) in [5.41, 5.74) is 0.138. The number of carbonyl (C=O) groups excluding carboxylic acids is 2. The largest absolute Gasteiger partial charge is 0.433 e. The van der Waals surface area contributed by atoms with Gasteiger partial charge in [-0.25, -0.2) is 0 Å². The molecule has 2 N–H and O–H groups in total. The standard InChI is InChI=1S/C20H20F2N2O4/c1-10-5-4-6-15(28-19(21)22)16(10)24-18(27)12-7-11-13(23-17(12)26)8-20(2,3)9-14(11)25/h4-7,19H,8-9H2,1-3H3,(H,23,26)(H,24,27). The molecule has 0 radical (unpaired) electrons. The van der Waals surface area contributed by atoms with Gasteiger partial charge in [-0.2, -0.15) is 8.78 Å². The maximum Gasteiger partial charge on any atom is 0.387 e. The van der Waals surface area contributed by atoms with Gasteiger partial charge in [0.25, 0.3) is 11.5 Å². The Hall–Kier alpha value is -3.03. The lowest BCUT2D eigenvalue weighted by Crippen LogP contribution is -2.33. The third-order valence-electron chi connectivity index (χ3n) is 4.65. The van der Waals surface area contributed by atoms with Crippen LogP contribution >= 0.6 is 0 Å². The van der Waals surface area contributed by atoms with E-state index in [0.717, 1.165) is 0 Å². The van der Waals surface area contributed by atoms with Gasteiger partial charge in [0.1, 0.15) is 11.3 Å². The molecule has 8 heteroatoms. The Morgan fingerprint density at radius 3 is 2.64 bits per heavy atom. The Morgan fingerprint density at radius 2 is 1.96 bits per heavy atom. The van der Waals surface area contributed by atoms with Crippen LogP contribution in [0.15, 0.2) is 29.1 Å². The van der Waals surface area contributed by atoms with Crippen LogP contribution in [0, 0.1) is 12.3 Å². The summed E-state index contributed by atoms with van der Waals surface area (Å²) >= 11 is 0. The number of Topliss-reactive ketones (excluding diaryl/α,β-unsaturated/α-hetero) is 1. The fraction of sp³-hybridized carbons (Fsp3) is 0.350. The molecule has 0 saturated carbocycles. The van der Waals surface area contributed by atoms with Crippen LogP contribution in [0.3, 0.4) is 0 Å². The van der Waals surface area contributed by atoms with Crippen molar-refractivity contribution >= 4 is 17.4 Å². The molecular formula is C20H20F2N2O4. The molecule has 6 nitrogen and oxygen atoms in total. The average Bonchev–Trinajstić information content (AvgIpc) is 2.55. The minimum Gasteiger partial charge on any atom is -0.433 e. The van der Waals surface area contributed by atoms with E-state index in [0.29, 0.717) is 29.7 Å². The van der Waals surface area contributed by atoms with Gasteiger partial charge in [0.15, 0.2) is 5.78 Å². The molecule has 0 saturated heterocycles. The first-order valence-electron chi connectivity index (χ1n) is 8.72. The molecule has 1 heterocycles. The number of hydrogen-bond donors (Lipinski definition) is 2. The van der Waals surface area contributed by atoms with Gasteiger partial charge < -0.3 is 15.0 Å². The summed E-state index contributed by atoms with van der Waals surface area (Å²) in [7, 11) is 0. The number of nitrogens with one attached hydrogen (secondary N) is 2. The Balaban J connectivity index is 1.96. The number of benzene rings is 1. The zero-order chi connectivity index (χ0) is 20.6. The van der Waals surface area contributed by atoms with E-state index in [-0.39, 0.29) is 28.2 Å². The van der Waals surface area contributed by atoms with E-state index in [2.05, 4.69) is 15.0 Å². The number of aromatic nitrogens is 1. The summed E-state index contributed by atoms with van der Waals surface area (Å²) in [5.74, 6) is -1.18. The number of halogens is 2. The molecule has 2 aromatic rings. The van der Waals surface area contributed by atoms with E-state index in [1.807, 2.05) is 13.8 Å². The first-order chi connectivity index (χ1) is 13.1. The predicted molar refractivity (Wildman–Crippen MR) is 99.3 cm³/mol. The highest BCUT2D eigenvalue weighted by atomic mass is 19.3. The minimum absolute atomic E-state index is 0.0392. The molecule has 3 rings (SSSR count). The second-order valence-corrected chi connectivity index (χ2v) is 7.63. The summed E-state index contributed by atoms with van der Waals surface area (Å²) in [5, 5.41) is 2.45. The number of H-pyrrole nitrogens is 1. The molecule has 0 aliphatic heterocycles. The van der Waals surface area contributed by atoms with Gasteiger partial charge in [0.2, 0.25) is 0 Å². The van der Waals surface area contributed by atoms with Crippen LogP contribution < -0.4 is 15.6 Å². The van der Waals surface area contributed by atoms with Gasteiger partial charge in [-0.1, -0.05) is 26.0 Å². The van der Waals surface area contributed by atoms with Gasteiger partial charge in [0, 0.05) is 17.7 Å². The Kier molecular flexibility index (Phi) is 5.06. The quantitative estimate of drug-likeness (QED) is 0.833. The van der Waals surface area contributed by atoms with E-state index < -0.39 is 18.1 Å². The Bertz CT molecular complexity index is 1010. The molecule has 0 bridgehead atoms. The molecule has 28 heavy (non-hydrogen) atoms. The highest BCUT2D eigenvalue weighted by molar-refractivity contribution is 6.07. The predicted octanol–water partition coefficient (Wildman–Crippen LogP) is 3.69. The van der Waals surface area contributed by atoms with Crippen molar-refractivity contribution in [1.82, 2.24) is 4.98 Å². The minimum atomic E-state index is -3.06. The highest BCUT2D eigenvalue weighted by Gasteiger charge is 2.32. The molecule has 0 spiro atoms. The number of para-hydroxylation sites is 1. The van der Waals surface area contributed by atoms with E-state index in [1.165, 1.54) is 18.2 Å². The van der Waals surface area contributed by atoms with Crippen LogP contribution in [-0.2, 0) is 6.42 Å². The zero-order valence-corrected chi connectivity index (χ0v) is 15.7. The summed E-state index contributed by atoms with van der Waals surface area (Å²) in [6, 6.07) is 5.68. The summed E-state index contributed by atoms with van der Waals surface area (Å²) in [6.45, 7) is 2.40. The van der Waals surface area contributed by atoms with Crippen LogP contribution in [0.5, 0.6) is 5.75 Å². The molecule has 1 aromatic carbocycles. The van der Waals surface area contributed by atoms with Gasteiger partial charge in [-0.15, -0.1) is 0 Å². The number of pyridine rings is 1. The molecule has 0 atom stereocenters.